The van der Waals surface area contributed by atoms with Gasteiger partial charge in [0.05, 0.1) is 23.4 Å². The molecule has 6 rings (SSSR count). The first-order chi connectivity index (χ1) is 17.0. The predicted octanol–water partition coefficient (Wildman–Crippen LogP) is 5.37. The van der Waals surface area contributed by atoms with E-state index < -0.39 is 13.0 Å². The molecule has 0 saturated heterocycles. The lowest BCUT2D eigenvalue weighted by atomic mass is 10.1. The molecule has 2 amide bonds. The van der Waals surface area contributed by atoms with Crippen LogP contribution in [0.15, 0.2) is 67.1 Å². The standard InChI is InChI=1S/C25H20F2N6O2/c1-31-12-16-9-18(2-5-21(16)30-31)32-13-17-11-29-24(35-14-23(26)27)10-22(17)33(25(32)34)19-3-4-20-15(8-19)6-7-28-20/h2-12,23,28H,13-14H2,1H3. The van der Waals surface area contributed by atoms with E-state index in [1.54, 1.807) is 26.7 Å². The number of aromatic amines is 1. The molecule has 3 aromatic heterocycles. The minimum Gasteiger partial charge on any atom is -0.472 e. The van der Waals surface area contributed by atoms with Crippen LogP contribution in [0.2, 0.25) is 0 Å². The summed E-state index contributed by atoms with van der Waals surface area (Å²) in [7, 11) is 1.85. The maximum Gasteiger partial charge on any atom is 0.333 e. The van der Waals surface area contributed by atoms with Crippen LogP contribution < -0.4 is 14.5 Å². The molecule has 1 aliphatic heterocycles. The molecule has 0 fully saturated rings. The van der Waals surface area contributed by atoms with Gasteiger partial charge in [-0.25, -0.2) is 18.6 Å². The molecule has 5 aromatic rings. The van der Waals surface area contributed by atoms with Gasteiger partial charge in [0.25, 0.3) is 6.43 Å². The summed E-state index contributed by atoms with van der Waals surface area (Å²) in [5, 5.41) is 6.26. The molecule has 35 heavy (non-hydrogen) atoms. The van der Waals surface area contributed by atoms with Crippen LogP contribution in [0.1, 0.15) is 5.56 Å². The summed E-state index contributed by atoms with van der Waals surface area (Å²) in [5.41, 5.74) is 4.43. The van der Waals surface area contributed by atoms with E-state index in [-0.39, 0.29) is 18.5 Å². The maximum absolute atomic E-state index is 13.9. The number of aromatic nitrogens is 4. The third-order valence-electron chi connectivity index (χ3n) is 5.99. The first-order valence-corrected chi connectivity index (χ1v) is 11.0. The molecular weight excluding hydrogens is 454 g/mol. The Hall–Kier alpha value is -4.47. The fraction of sp³-hybridized carbons (Fsp3) is 0.160. The number of halogens is 2. The number of fused-ring (bicyclic) bond motifs is 3. The molecule has 8 nitrogen and oxygen atoms in total. The summed E-state index contributed by atoms with van der Waals surface area (Å²) in [4.78, 5) is 24.5. The van der Waals surface area contributed by atoms with Gasteiger partial charge in [-0.2, -0.15) is 5.10 Å². The zero-order valence-corrected chi connectivity index (χ0v) is 18.7. The summed E-state index contributed by atoms with van der Waals surface area (Å²) in [6, 6.07) is 14.5. The number of urea groups is 1. The zero-order valence-electron chi connectivity index (χ0n) is 18.7. The van der Waals surface area contributed by atoms with Crippen molar-refractivity contribution >= 4 is 44.9 Å². The van der Waals surface area contributed by atoms with E-state index >= 15 is 0 Å². The second-order valence-corrected chi connectivity index (χ2v) is 8.35. The van der Waals surface area contributed by atoms with Crippen molar-refractivity contribution < 1.29 is 18.3 Å². The van der Waals surface area contributed by atoms with Gasteiger partial charge < -0.3 is 9.72 Å². The molecule has 0 radical (unpaired) electrons. The average molecular weight is 474 g/mol. The first-order valence-electron chi connectivity index (χ1n) is 11.0. The minimum atomic E-state index is -2.63. The third-order valence-corrected chi connectivity index (χ3v) is 5.99. The number of aryl methyl sites for hydroxylation is 1. The quantitative estimate of drug-likeness (QED) is 0.371. The number of carbonyl (C=O) groups excluding carboxylic acids is 1. The Bertz CT molecular complexity index is 1580. The van der Waals surface area contributed by atoms with Gasteiger partial charge in [0.2, 0.25) is 5.88 Å². The number of hydrogen-bond donors (Lipinski definition) is 1. The number of H-pyrrole nitrogens is 1. The number of ether oxygens (including phenoxy) is 1. The molecule has 2 aromatic carbocycles. The Labute approximate surface area is 198 Å². The van der Waals surface area contributed by atoms with Crippen molar-refractivity contribution in [1.82, 2.24) is 19.7 Å². The highest BCUT2D eigenvalue weighted by Crippen LogP contribution is 2.39. The molecule has 0 bridgehead atoms. The van der Waals surface area contributed by atoms with Gasteiger partial charge in [-0.15, -0.1) is 0 Å². The number of anilines is 3. The summed E-state index contributed by atoms with van der Waals surface area (Å²) in [5.74, 6) is 0.0369. The van der Waals surface area contributed by atoms with Crippen molar-refractivity contribution in [2.75, 3.05) is 16.4 Å². The van der Waals surface area contributed by atoms with Crippen LogP contribution in [0.5, 0.6) is 5.88 Å². The second-order valence-electron chi connectivity index (χ2n) is 8.35. The van der Waals surface area contributed by atoms with E-state index in [1.165, 1.54) is 0 Å². The first kappa shape index (κ1) is 21.1. The lowest BCUT2D eigenvalue weighted by molar-refractivity contribution is 0.0796. The Morgan fingerprint density at radius 1 is 1.09 bits per heavy atom. The molecule has 0 unspecified atom stereocenters. The van der Waals surface area contributed by atoms with Crippen LogP contribution in [0, 0.1) is 0 Å². The Morgan fingerprint density at radius 3 is 2.77 bits per heavy atom. The predicted molar refractivity (Wildman–Crippen MR) is 128 cm³/mol. The third kappa shape index (κ3) is 3.72. The van der Waals surface area contributed by atoms with Crippen LogP contribution in [-0.4, -0.2) is 38.8 Å². The fourth-order valence-electron chi connectivity index (χ4n) is 4.41. The van der Waals surface area contributed by atoms with Gasteiger partial charge in [0.1, 0.15) is 0 Å². The number of carbonyl (C=O) groups is 1. The Morgan fingerprint density at radius 2 is 1.91 bits per heavy atom. The van der Waals surface area contributed by atoms with Gasteiger partial charge in [0.15, 0.2) is 6.61 Å². The highest BCUT2D eigenvalue weighted by molar-refractivity contribution is 6.12. The van der Waals surface area contributed by atoms with E-state index in [0.717, 1.165) is 27.4 Å². The minimum absolute atomic E-state index is 0.0369. The van der Waals surface area contributed by atoms with E-state index in [1.807, 2.05) is 61.9 Å². The van der Waals surface area contributed by atoms with Crippen molar-refractivity contribution in [1.29, 1.82) is 0 Å². The molecule has 0 atom stereocenters. The van der Waals surface area contributed by atoms with Crippen molar-refractivity contribution in [2.45, 2.75) is 13.0 Å². The number of benzene rings is 2. The van der Waals surface area contributed by atoms with Crippen molar-refractivity contribution in [3.05, 3.63) is 72.7 Å². The van der Waals surface area contributed by atoms with Crippen LogP contribution in [0.4, 0.5) is 30.6 Å². The van der Waals surface area contributed by atoms with E-state index in [0.29, 0.717) is 17.1 Å². The zero-order chi connectivity index (χ0) is 24.1. The van der Waals surface area contributed by atoms with Gasteiger partial charge in [-0.3, -0.25) is 14.5 Å². The number of rotatable bonds is 5. The topological polar surface area (TPSA) is 79.3 Å². The maximum atomic E-state index is 13.9. The number of hydrogen-bond acceptors (Lipinski definition) is 4. The van der Waals surface area contributed by atoms with Crippen molar-refractivity contribution in [3.63, 3.8) is 0 Å². The van der Waals surface area contributed by atoms with Crippen LogP contribution >= 0.6 is 0 Å². The average Bonchev–Trinajstić information content (AvgIpc) is 3.46. The molecule has 0 saturated carbocycles. The van der Waals surface area contributed by atoms with Gasteiger partial charge in [-0.05, 0) is 42.5 Å². The van der Waals surface area contributed by atoms with Crippen molar-refractivity contribution in [3.8, 4) is 5.88 Å². The van der Waals surface area contributed by atoms with E-state index in [9.17, 15) is 13.6 Å². The summed E-state index contributed by atoms with van der Waals surface area (Å²) < 4.78 is 32.3. The molecule has 0 aliphatic carbocycles. The molecule has 1 aliphatic rings. The van der Waals surface area contributed by atoms with E-state index in [4.69, 9.17) is 4.74 Å². The SMILES string of the molecule is Cn1cc2cc(N3Cc4cnc(OCC(F)F)cc4N(c4ccc5[nH]ccc5c4)C3=O)ccc2n1. The van der Waals surface area contributed by atoms with Crippen LogP contribution in [0.3, 0.4) is 0 Å². The van der Waals surface area contributed by atoms with Gasteiger partial charge in [-0.1, -0.05) is 0 Å². The van der Waals surface area contributed by atoms with Crippen LogP contribution in [-0.2, 0) is 13.6 Å². The number of amides is 2. The van der Waals surface area contributed by atoms with Gasteiger partial charge in [0, 0.05) is 59.2 Å². The summed E-state index contributed by atoms with van der Waals surface area (Å²) in [6.07, 6.45) is 2.67. The normalized spacial score (nSPS) is 13.8. The van der Waals surface area contributed by atoms with Crippen molar-refractivity contribution in [2.24, 2.45) is 7.05 Å². The summed E-state index contributed by atoms with van der Waals surface area (Å²) in [6.45, 7) is -0.503. The fourth-order valence-corrected chi connectivity index (χ4v) is 4.41. The molecule has 1 N–H and O–H groups in total. The number of nitrogens with one attached hydrogen (secondary N) is 1. The van der Waals surface area contributed by atoms with Gasteiger partial charge >= 0.3 is 6.03 Å². The number of pyridine rings is 1. The molecule has 176 valence electrons. The molecular formula is C25H20F2N6O2. The lowest BCUT2D eigenvalue weighted by Crippen LogP contribution is -2.45. The number of alkyl halides is 2. The monoisotopic (exact) mass is 474 g/mol. The summed E-state index contributed by atoms with van der Waals surface area (Å²) >= 11 is 0. The second kappa shape index (κ2) is 8.08. The molecule has 10 heteroatoms. The van der Waals surface area contributed by atoms with E-state index in [2.05, 4.69) is 15.1 Å². The Kier molecular flexibility index (Phi) is 4.87. The lowest BCUT2D eigenvalue weighted by Gasteiger charge is -2.37. The molecule has 0 spiro atoms. The highest BCUT2D eigenvalue weighted by Gasteiger charge is 2.33. The smallest absolute Gasteiger partial charge is 0.333 e. The van der Waals surface area contributed by atoms with Crippen LogP contribution in [0.25, 0.3) is 21.8 Å². The highest BCUT2D eigenvalue weighted by atomic mass is 19.3. The molecule has 4 heterocycles. The number of nitrogens with zero attached hydrogens (tertiary/aromatic N) is 5. The Balaban J connectivity index is 1.46. The largest absolute Gasteiger partial charge is 0.472 e.